The number of hydrogen-bond donors (Lipinski definition) is 0. The predicted octanol–water partition coefficient (Wildman–Crippen LogP) is 0.615. The Hall–Kier alpha value is -0.130. The van der Waals surface area contributed by atoms with Crippen LogP contribution in [0.1, 0.15) is 19.8 Å². The molecule has 14 heavy (non-hydrogen) atoms. The van der Waals surface area contributed by atoms with Gasteiger partial charge in [0.25, 0.3) is 0 Å². The third kappa shape index (κ3) is 3.22. The SMILES string of the molecule is CCCCOC1CS(=O)(=O)CC1OC. The van der Waals surface area contributed by atoms with Crippen LogP contribution < -0.4 is 0 Å². The van der Waals surface area contributed by atoms with Crippen LogP contribution in [-0.2, 0) is 19.3 Å². The largest absolute Gasteiger partial charge is 0.378 e. The molecule has 1 aliphatic heterocycles. The number of rotatable bonds is 5. The van der Waals surface area contributed by atoms with E-state index >= 15 is 0 Å². The van der Waals surface area contributed by atoms with Crippen LogP contribution >= 0.6 is 0 Å². The molecule has 0 aliphatic carbocycles. The average Bonchev–Trinajstić information content (AvgIpc) is 2.41. The zero-order valence-electron chi connectivity index (χ0n) is 8.73. The Kier molecular flexibility index (Phi) is 4.34. The van der Waals surface area contributed by atoms with Crippen molar-refractivity contribution in [2.45, 2.75) is 32.0 Å². The molecule has 5 heteroatoms. The van der Waals surface area contributed by atoms with Crippen LogP contribution in [0.15, 0.2) is 0 Å². The van der Waals surface area contributed by atoms with E-state index in [0.717, 1.165) is 12.8 Å². The lowest BCUT2D eigenvalue weighted by atomic mass is 10.2. The lowest BCUT2D eigenvalue weighted by molar-refractivity contribution is -0.0286. The lowest BCUT2D eigenvalue weighted by Crippen LogP contribution is -2.29. The number of hydrogen-bond acceptors (Lipinski definition) is 4. The molecule has 0 bridgehead atoms. The second-order valence-electron chi connectivity index (χ2n) is 3.61. The molecule has 1 rings (SSSR count). The van der Waals surface area contributed by atoms with E-state index in [9.17, 15) is 8.42 Å². The Morgan fingerprint density at radius 1 is 1.29 bits per heavy atom. The van der Waals surface area contributed by atoms with Gasteiger partial charge in [-0.1, -0.05) is 13.3 Å². The Balaban J connectivity index is 2.43. The molecule has 4 nitrogen and oxygen atoms in total. The van der Waals surface area contributed by atoms with Gasteiger partial charge in [-0.25, -0.2) is 8.42 Å². The Morgan fingerprint density at radius 3 is 2.50 bits per heavy atom. The van der Waals surface area contributed by atoms with Gasteiger partial charge in [0.1, 0.15) is 0 Å². The molecule has 0 spiro atoms. The number of unbranched alkanes of at least 4 members (excludes halogenated alkanes) is 1. The fourth-order valence-electron chi connectivity index (χ4n) is 1.54. The van der Waals surface area contributed by atoms with Gasteiger partial charge >= 0.3 is 0 Å². The summed E-state index contributed by atoms with van der Waals surface area (Å²) in [6, 6.07) is 0. The molecule has 2 atom stereocenters. The highest BCUT2D eigenvalue weighted by atomic mass is 32.2. The summed E-state index contributed by atoms with van der Waals surface area (Å²) in [7, 11) is -1.41. The fourth-order valence-corrected chi connectivity index (χ4v) is 3.34. The highest BCUT2D eigenvalue weighted by molar-refractivity contribution is 7.91. The van der Waals surface area contributed by atoms with Gasteiger partial charge in [0.05, 0.1) is 23.7 Å². The van der Waals surface area contributed by atoms with Gasteiger partial charge in [-0.15, -0.1) is 0 Å². The molecular weight excluding hydrogens is 204 g/mol. The highest BCUT2D eigenvalue weighted by Gasteiger charge is 2.38. The molecule has 1 heterocycles. The van der Waals surface area contributed by atoms with E-state index in [2.05, 4.69) is 6.92 Å². The topological polar surface area (TPSA) is 52.6 Å². The van der Waals surface area contributed by atoms with E-state index in [4.69, 9.17) is 9.47 Å². The van der Waals surface area contributed by atoms with Crippen molar-refractivity contribution in [3.63, 3.8) is 0 Å². The molecule has 2 unspecified atom stereocenters. The summed E-state index contributed by atoms with van der Waals surface area (Å²) in [5.74, 6) is 0.204. The molecule has 0 aromatic heterocycles. The van der Waals surface area contributed by atoms with Crippen molar-refractivity contribution >= 4 is 9.84 Å². The van der Waals surface area contributed by atoms with Gasteiger partial charge < -0.3 is 9.47 Å². The maximum Gasteiger partial charge on any atom is 0.155 e. The summed E-state index contributed by atoms with van der Waals surface area (Å²) in [4.78, 5) is 0. The first-order valence-corrected chi connectivity index (χ1v) is 6.76. The van der Waals surface area contributed by atoms with Gasteiger partial charge in [-0.05, 0) is 6.42 Å². The Bertz CT molecular complexity index is 260. The average molecular weight is 222 g/mol. The second kappa shape index (κ2) is 5.09. The van der Waals surface area contributed by atoms with Crippen molar-refractivity contribution in [1.29, 1.82) is 0 Å². The second-order valence-corrected chi connectivity index (χ2v) is 5.77. The van der Waals surface area contributed by atoms with Crippen LogP contribution in [0.5, 0.6) is 0 Å². The summed E-state index contributed by atoms with van der Waals surface area (Å²) >= 11 is 0. The lowest BCUT2D eigenvalue weighted by Gasteiger charge is -2.16. The maximum atomic E-state index is 11.3. The van der Waals surface area contributed by atoms with E-state index in [0.29, 0.717) is 6.61 Å². The summed E-state index contributed by atoms with van der Waals surface area (Å²) in [6.07, 6.45) is 1.47. The van der Waals surface area contributed by atoms with E-state index < -0.39 is 9.84 Å². The van der Waals surface area contributed by atoms with Crippen LogP contribution in [-0.4, -0.2) is 45.8 Å². The van der Waals surface area contributed by atoms with E-state index in [1.165, 1.54) is 7.11 Å². The van der Waals surface area contributed by atoms with Crippen LogP contribution in [0.25, 0.3) is 0 Å². The smallest absolute Gasteiger partial charge is 0.155 e. The molecule has 0 aromatic carbocycles. The van der Waals surface area contributed by atoms with E-state index in [1.807, 2.05) is 0 Å². The zero-order valence-corrected chi connectivity index (χ0v) is 9.55. The van der Waals surface area contributed by atoms with Crippen LogP contribution in [0.3, 0.4) is 0 Å². The molecule has 1 aliphatic rings. The van der Waals surface area contributed by atoms with Crippen molar-refractivity contribution in [2.24, 2.45) is 0 Å². The number of sulfone groups is 1. The summed E-state index contributed by atoms with van der Waals surface area (Å²) in [6.45, 7) is 2.69. The monoisotopic (exact) mass is 222 g/mol. The highest BCUT2D eigenvalue weighted by Crippen LogP contribution is 2.18. The van der Waals surface area contributed by atoms with Crippen molar-refractivity contribution in [3.05, 3.63) is 0 Å². The van der Waals surface area contributed by atoms with Crippen LogP contribution in [0, 0.1) is 0 Å². The Labute approximate surface area is 85.5 Å². The number of ether oxygens (including phenoxy) is 2. The number of methoxy groups -OCH3 is 1. The molecule has 1 saturated heterocycles. The summed E-state index contributed by atoms with van der Waals surface area (Å²) in [5, 5.41) is 0. The molecule has 0 N–H and O–H groups in total. The standard InChI is InChI=1S/C9H18O4S/c1-3-4-5-13-9-7-14(10,11)6-8(9)12-2/h8-9H,3-7H2,1-2H3. The van der Waals surface area contributed by atoms with Gasteiger partial charge in [0, 0.05) is 13.7 Å². The molecule has 0 saturated carbocycles. The third-order valence-electron chi connectivity index (χ3n) is 2.38. The minimum absolute atomic E-state index is 0.0975. The van der Waals surface area contributed by atoms with E-state index in [1.54, 1.807) is 0 Å². The van der Waals surface area contributed by atoms with Gasteiger partial charge in [-0.3, -0.25) is 0 Å². The molecule has 1 fully saturated rings. The van der Waals surface area contributed by atoms with Gasteiger partial charge in [-0.2, -0.15) is 0 Å². The fraction of sp³-hybridized carbons (Fsp3) is 1.00. The van der Waals surface area contributed by atoms with Gasteiger partial charge in [0.2, 0.25) is 0 Å². The molecule has 84 valence electrons. The maximum absolute atomic E-state index is 11.3. The van der Waals surface area contributed by atoms with Crippen molar-refractivity contribution in [1.82, 2.24) is 0 Å². The van der Waals surface area contributed by atoms with Gasteiger partial charge in [0.15, 0.2) is 9.84 Å². The molecule has 0 aromatic rings. The molecule has 0 amide bonds. The first-order chi connectivity index (χ1) is 6.59. The zero-order chi connectivity index (χ0) is 10.6. The third-order valence-corrected chi connectivity index (χ3v) is 4.06. The van der Waals surface area contributed by atoms with Crippen molar-refractivity contribution < 1.29 is 17.9 Å². The predicted molar refractivity (Wildman–Crippen MR) is 54.1 cm³/mol. The van der Waals surface area contributed by atoms with Crippen LogP contribution in [0.2, 0.25) is 0 Å². The first-order valence-electron chi connectivity index (χ1n) is 4.94. The normalized spacial score (nSPS) is 30.7. The van der Waals surface area contributed by atoms with Crippen molar-refractivity contribution in [3.8, 4) is 0 Å². The minimum atomic E-state index is -2.94. The van der Waals surface area contributed by atoms with E-state index in [-0.39, 0.29) is 23.7 Å². The summed E-state index contributed by atoms with van der Waals surface area (Å²) < 4.78 is 33.1. The van der Waals surface area contributed by atoms with Crippen molar-refractivity contribution in [2.75, 3.05) is 25.2 Å². The first kappa shape index (κ1) is 11.9. The Morgan fingerprint density at radius 2 is 1.93 bits per heavy atom. The summed E-state index contributed by atoms with van der Waals surface area (Å²) in [5.41, 5.74) is 0. The van der Waals surface area contributed by atoms with Crippen LogP contribution in [0.4, 0.5) is 0 Å². The molecule has 0 radical (unpaired) electrons. The minimum Gasteiger partial charge on any atom is -0.378 e. The molecular formula is C9H18O4S. The quantitative estimate of drug-likeness (QED) is 0.640.